The van der Waals surface area contributed by atoms with Crippen LogP contribution >= 0.6 is 0 Å². The van der Waals surface area contributed by atoms with Crippen LogP contribution in [0.1, 0.15) is 12.0 Å². The third-order valence-corrected chi connectivity index (χ3v) is 2.45. The fourth-order valence-electron chi connectivity index (χ4n) is 1.61. The van der Waals surface area contributed by atoms with Crippen LogP contribution in [-0.4, -0.2) is 11.5 Å². The van der Waals surface area contributed by atoms with E-state index in [1.165, 1.54) is 0 Å². The van der Waals surface area contributed by atoms with Crippen molar-refractivity contribution in [3.8, 4) is 0 Å². The van der Waals surface area contributed by atoms with Crippen LogP contribution in [0, 0.1) is 0 Å². The summed E-state index contributed by atoms with van der Waals surface area (Å²) in [5, 5.41) is 3.72. The van der Waals surface area contributed by atoms with Crippen LogP contribution in [0.2, 0.25) is 0 Å². The van der Waals surface area contributed by atoms with Crippen molar-refractivity contribution in [2.45, 2.75) is 6.42 Å². The Labute approximate surface area is 106 Å². The van der Waals surface area contributed by atoms with Gasteiger partial charge in [0.15, 0.2) is 0 Å². The van der Waals surface area contributed by atoms with Gasteiger partial charge in [-0.1, -0.05) is 23.3 Å². The minimum Gasteiger partial charge on any atom is -0.372 e. The average molecular weight is 258 g/mol. The van der Waals surface area contributed by atoms with Gasteiger partial charge in [-0.3, -0.25) is 4.98 Å². The number of benzene rings is 1. The van der Waals surface area contributed by atoms with Gasteiger partial charge in [-0.2, -0.15) is 0 Å². The summed E-state index contributed by atoms with van der Waals surface area (Å²) in [5.41, 5.74) is 8.69. The predicted octanol–water partition coefficient (Wildman–Crippen LogP) is 2.19. The first-order valence-electron chi connectivity index (χ1n) is 5.55. The Kier molecular flexibility index (Phi) is 3.80. The number of nitrogens with one attached hydrogen (secondary N) is 1. The highest BCUT2D eigenvalue weighted by molar-refractivity contribution is 5.79. The predicted molar refractivity (Wildman–Crippen MR) is 70.8 cm³/mol. The summed E-state index contributed by atoms with van der Waals surface area (Å²) in [7, 11) is 0. The van der Waals surface area contributed by atoms with Gasteiger partial charge in [0.05, 0.1) is 10.9 Å². The Balaban J connectivity index is 2.29. The zero-order valence-corrected chi connectivity index (χ0v) is 9.87. The lowest BCUT2D eigenvalue weighted by Crippen LogP contribution is -2.14. The Morgan fingerprint density at radius 3 is 3.05 bits per heavy atom. The van der Waals surface area contributed by atoms with Crippen LogP contribution in [0.5, 0.6) is 0 Å². The number of hydrogen-bond donors (Lipinski definition) is 1. The smallest absolute Gasteiger partial charge is 0.372 e. The summed E-state index contributed by atoms with van der Waals surface area (Å²) in [4.78, 5) is 27.6. The van der Waals surface area contributed by atoms with Gasteiger partial charge in [0.1, 0.15) is 0 Å². The van der Waals surface area contributed by atoms with Gasteiger partial charge in [-0.25, -0.2) is 9.59 Å². The molecule has 0 aliphatic carbocycles. The van der Waals surface area contributed by atoms with Crippen molar-refractivity contribution < 1.29 is 4.42 Å². The molecule has 7 nitrogen and oxygen atoms in total. The van der Waals surface area contributed by atoms with E-state index in [2.05, 4.69) is 19.4 Å². The molecular formula is C12H10N4O3. The van der Waals surface area contributed by atoms with Crippen molar-refractivity contribution in [1.29, 1.82) is 0 Å². The van der Waals surface area contributed by atoms with Crippen molar-refractivity contribution in [2.24, 2.45) is 5.11 Å². The molecule has 0 radical (unpaired) electrons. The number of rotatable bonds is 4. The Morgan fingerprint density at radius 1 is 1.42 bits per heavy atom. The molecule has 0 fully saturated rings. The molecule has 2 rings (SSSR count). The summed E-state index contributed by atoms with van der Waals surface area (Å²) >= 11 is 0. The molecule has 0 unspecified atom stereocenters. The molecule has 0 atom stereocenters. The molecule has 0 aliphatic heterocycles. The minimum absolute atomic E-state index is 0.316. The van der Waals surface area contributed by atoms with E-state index >= 15 is 0 Å². The first-order chi connectivity index (χ1) is 9.20. The number of H-pyrrole nitrogens is 1. The normalized spacial score (nSPS) is 10.7. The summed E-state index contributed by atoms with van der Waals surface area (Å²) in [6.45, 7) is 0.385. The fourth-order valence-corrected chi connectivity index (χ4v) is 1.61. The quantitative estimate of drug-likeness (QED) is 0.392. The molecule has 0 spiro atoms. The van der Waals surface area contributed by atoms with Gasteiger partial charge in [0.25, 0.3) is 0 Å². The molecule has 1 aromatic carbocycles. The molecule has 0 bridgehead atoms. The zero-order chi connectivity index (χ0) is 13.7. The van der Waals surface area contributed by atoms with Crippen LogP contribution < -0.4 is 11.4 Å². The second-order valence-corrected chi connectivity index (χ2v) is 3.75. The van der Waals surface area contributed by atoms with Crippen LogP contribution in [0.3, 0.4) is 0 Å². The molecule has 0 amide bonds. The largest absolute Gasteiger partial charge is 0.419 e. The number of aromatic nitrogens is 1. The number of fused-ring (bicyclic) bond motifs is 1. The van der Waals surface area contributed by atoms with E-state index in [0.29, 0.717) is 23.9 Å². The molecule has 19 heavy (non-hydrogen) atoms. The van der Waals surface area contributed by atoms with Crippen molar-refractivity contribution in [1.82, 2.24) is 4.98 Å². The van der Waals surface area contributed by atoms with E-state index in [-0.39, 0.29) is 0 Å². The van der Waals surface area contributed by atoms with Gasteiger partial charge >= 0.3 is 11.4 Å². The van der Waals surface area contributed by atoms with Gasteiger partial charge < -0.3 is 4.42 Å². The van der Waals surface area contributed by atoms with Crippen LogP contribution in [-0.2, 0) is 0 Å². The lowest BCUT2D eigenvalue weighted by Gasteiger charge is -1.97. The number of hydrogen-bond acceptors (Lipinski definition) is 4. The number of aromatic amines is 1. The molecule has 0 saturated carbocycles. The minimum atomic E-state index is -0.768. The molecule has 7 heteroatoms. The van der Waals surface area contributed by atoms with Crippen molar-refractivity contribution in [3.05, 3.63) is 61.3 Å². The van der Waals surface area contributed by atoms with Crippen LogP contribution in [0.25, 0.3) is 27.4 Å². The first kappa shape index (κ1) is 12.7. The monoisotopic (exact) mass is 258 g/mol. The molecule has 1 aromatic heterocycles. The highest BCUT2D eigenvalue weighted by Gasteiger charge is 2.02. The van der Waals surface area contributed by atoms with Crippen LogP contribution in [0.15, 0.2) is 43.4 Å². The molecule has 1 heterocycles. The number of nitrogens with zero attached hydrogens (tertiary/aromatic N) is 3. The Bertz CT molecular complexity index is 781. The Morgan fingerprint density at radius 2 is 2.26 bits per heavy atom. The zero-order valence-electron chi connectivity index (χ0n) is 9.87. The second-order valence-electron chi connectivity index (χ2n) is 3.75. The Hall–Kier alpha value is -2.79. The summed E-state index contributed by atoms with van der Waals surface area (Å²) < 4.78 is 4.46. The summed E-state index contributed by atoms with van der Waals surface area (Å²) in [6, 6.07) is 5.03. The third kappa shape index (κ3) is 3.11. The molecule has 1 N–H and O–H groups in total. The van der Waals surface area contributed by atoms with Gasteiger partial charge in [-0.05, 0) is 29.6 Å². The van der Waals surface area contributed by atoms with E-state index in [4.69, 9.17) is 5.53 Å². The van der Waals surface area contributed by atoms with Gasteiger partial charge in [0, 0.05) is 11.5 Å². The molecule has 96 valence electrons. The van der Waals surface area contributed by atoms with Crippen molar-refractivity contribution in [3.63, 3.8) is 0 Å². The van der Waals surface area contributed by atoms with E-state index in [9.17, 15) is 9.59 Å². The summed E-state index contributed by atoms with van der Waals surface area (Å²) in [6.07, 6.45) is 4.25. The van der Waals surface area contributed by atoms with Gasteiger partial charge in [0.2, 0.25) is 0 Å². The highest BCUT2D eigenvalue weighted by atomic mass is 16.4. The van der Waals surface area contributed by atoms with Crippen molar-refractivity contribution in [2.75, 3.05) is 6.54 Å². The number of azide groups is 1. The standard InChI is InChI=1S/C12H10N4O3/c13-16-14-6-2-1-3-8-4-5-10-9(7-8)11(17)19-12(18)15-10/h1,3-5,7H,2,6H2,(H,15,18). The first-order valence-corrected chi connectivity index (χ1v) is 5.55. The molecule has 0 aliphatic rings. The van der Waals surface area contributed by atoms with E-state index in [0.717, 1.165) is 5.56 Å². The molecular weight excluding hydrogens is 248 g/mol. The van der Waals surface area contributed by atoms with Crippen molar-refractivity contribution >= 4 is 17.0 Å². The second kappa shape index (κ2) is 5.70. The van der Waals surface area contributed by atoms with E-state index < -0.39 is 11.4 Å². The molecule has 0 saturated heterocycles. The lowest BCUT2D eigenvalue weighted by molar-refractivity contribution is 0.460. The van der Waals surface area contributed by atoms with Crippen LogP contribution in [0.4, 0.5) is 0 Å². The maximum absolute atomic E-state index is 11.5. The molecule has 2 aromatic rings. The van der Waals surface area contributed by atoms with E-state index in [1.807, 2.05) is 6.08 Å². The topological polar surface area (TPSA) is 112 Å². The lowest BCUT2D eigenvalue weighted by atomic mass is 10.1. The SMILES string of the molecule is [N-]=[N+]=NCCC=Cc1ccc2[nH]c(=O)oc(=O)c2c1. The van der Waals surface area contributed by atoms with Gasteiger partial charge in [-0.15, -0.1) is 0 Å². The average Bonchev–Trinajstić information content (AvgIpc) is 2.39. The fraction of sp³-hybridized carbons (Fsp3) is 0.167. The van der Waals surface area contributed by atoms with E-state index in [1.54, 1.807) is 24.3 Å². The maximum atomic E-state index is 11.5. The maximum Gasteiger partial charge on any atom is 0.419 e. The third-order valence-electron chi connectivity index (χ3n) is 2.45. The summed E-state index contributed by atoms with van der Waals surface area (Å²) in [5.74, 6) is -0.768. The highest BCUT2D eigenvalue weighted by Crippen LogP contribution is 2.10.